The highest BCUT2D eigenvalue weighted by molar-refractivity contribution is 7.80. The fourth-order valence-corrected chi connectivity index (χ4v) is 4.05. The van der Waals surface area contributed by atoms with Gasteiger partial charge in [-0.05, 0) is 79.8 Å². The van der Waals surface area contributed by atoms with E-state index in [4.69, 9.17) is 21.7 Å². The smallest absolute Gasteiger partial charge is 0.261 e. The van der Waals surface area contributed by atoms with E-state index in [0.29, 0.717) is 35.7 Å². The van der Waals surface area contributed by atoms with Crippen molar-refractivity contribution in [3.63, 3.8) is 0 Å². The molecule has 0 atom stereocenters. The topological polar surface area (TPSA) is 79.9 Å². The highest BCUT2D eigenvalue weighted by atomic mass is 32.1. The molecule has 0 radical (unpaired) electrons. The van der Waals surface area contributed by atoms with Crippen LogP contribution in [0, 0.1) is 0 Å². The number of thiocarbonyl (C=S) groups is 1. The van der Waals surface area contributed by atoms with Crippen LogP contribution in [0.2, 0.25) is 0 Å². The molecule has 0 saturated heterocycles. The second-order valence-corrected chi connectivity index (χ2v) is 8.78. The third kappa shape index (κ3) is 7.66. The minimum absolute atomic E-state index is 0.100. The molecule has 4 aromatic rings. The van der Waals surface area contributed by atoms with Gasteiger partial charge in [-0.15, -0.1) is 0 Å². The first-order valence-electron chi connectivity index (χ1n) is 12.5. The SMILES string of the molecule is CCN(C(=O)c1ccc(NC(=S)NC(=O)c2ccccc2OCCOc2ccccc2)cc1)c1ccccc1. The van der Waals surface area contributed by atoms with Gasteiger partial charge in [-0.1, -0.05) is 48.5 Å². The molecule has 8 heteroatoms. The molecule has 0 aliphatic rings. The van der Waals surface area contributed by atoms with Crippen LogP contribution in [0.25, 0.3) is 0 Å². The Hall–Kier alpha value is -4.69. The summed E-state index contributed by atoms with van der Waals surface area (Å²) >= 11 is 5.35. The van der Waals surface area contributed by atoms with Crippen LogP contribution in [0.15, 0.2) is 109 Å². The molecule has 0 spiro atoms. The summed E-state index contributed by atoms with van der Waals surface area (Å²) in [5.74, 6) is 0.674. The lowest BCUT2D eigenvalue weighted by Gasteiger charge is -2.21. The molecule has 0 fully saturated rings. The first-order chi connectivity index (χ1) is 19.0. The van der Waals surface area contributed by atoms with Gasteiger partial charge in [-0.2, -0.15) is 0 Å². The molecule has 0 bridgehead atoms. The predicted octanol–water partition coefficient (Wildman–Crippen LogP) is 5.94. The number of rotatable bonds is 10. The Kier molecular flexibility index (Phi) is 9.63. The van der Waals surface area contributed by atoms with Crippen LogP contribution < -0.4 is 25.0 Å². The fourth-order valence-electron chi connectivity index (χ4n) is 3.84. The van der Waals surface area contributed by atoms with Gasteiger partial charge in [0.15, 0.2) is 5.11 Å². The summed E-state index contributed by atoms with van der Waals surface area (Å²) in [5, 5.41) is 5.80. The fraction of sp³-hybridized carbons (Fsp3) is 0.129. The number of ether oxygens (including phenoxy) is 2. The van der Waals surface area contributed by atoms with Crippen LogP contribution >= 0.6 is 12.2 Å². The van der Waals surface area contributed by atoms with E-state index in [1.165, 1.54) is 0 Å². The number of nitrogens with one attached hydrogen (secondary N) is 2. The van der Waals surface area contributed by atoms with E-state index in [1.807, 2.05) is 67.6 Å². The van der Waals surface area contributed by atoms with E-state index in [2.05, 4.69) is 10.6 Å². The number of carbonyl (C=O) groups is 2. The van der Waals surface area contributed by atoms with Crippen molar-refractivity contribution in [2.75, 3.05) is 30.0 Å². The Morgan fingerprint density at radius 1 is 0.769 bits per heavy atom. The molecule has 0 aliphatic carbocycles. The van der Waals surface area contributed by atoms with E-state index in [9.17, 15) is 9.59 Å². The number of benzene rings is 4. The molecule has 198 valence electrons. The van der Waals surface area contributed by atoms with Gasteiger partial charge in [0, 0.05) is 23.5 Å². The van der Waals surface area contributed by atoms with E-state index in [1.54, 1.807) is 53.4 Å². The molecule has 4 rings (SSSR count). The van der Waals surface area contributed by atoms with Gasteiger partial charge in [0.25, 0.3) is 11.8 Å². The number of hydrogen-bond acceptors (Lipinski definition) is 5. The minimum atomic E-state index is -0.402. The molecule has 39 heavy (non-hydrogen) atoms. The summed E-state index contributed by atoms with van der Waals surface area (Å²) in [6, 6.07) is 32.8. The summed E-state index contributed by atoms with van der Waals surface area (Å²) in [6.45, 7) is 3.08. The summed E-state index contributed by atoms with van der Waals surface area (Å²) in [7, 11) is 0. The standard InChI is InChI=1S/C31H29N3O4S/c1-2-34(25-11-5-3-6-12-25)30(36)23-17-19-24(20-18-23)32-31(39)33-29(35)27-15-9-10-16-28(27)38-22-21-37-26-13-7-4-8-14-26/h3-20H,2,21-22H2,1H3,(H2,32,33,35,39). The summed E-state index contributed by atoms with van der Waals surface area (Å²) in [5.41, 5.74) is 2.37. The maximum absolute atomic E-state index is 13.0. The summed E-state index contributed by atoms with van der Waals surface area (Å²) < 4.78 is 11.4. The zero-order valence-electron chi connectivity index (χ0n) is 21.5. The van der Waals surface area contributed by atoms with E-state index < -0.39 is 5.91 Å². The van der Waals surface area contributed by atoms with Crippen molar-refractivity contribution in [3.8, 4) is 11.5 Å². The lowest BCUT2D eigenvalue weighted by Crippen LogP contribution is -2.34. The van der Waals surface area contributed by atoms with Gasteiger partial charge in [-0.25, -0.2) is 0 Å². The predicted molar refractivity (Wildman–Crippen MR) is 158 cm³/mol. The number of hydrogen-bond donors (Lipinski definition) is 2. The molecule has 4 aromatic carbocycles. The van der Waals surface area contributed by atoms with Gasteiger partial charge in [0.2, 0.25) is 0 Å². The van der Waals surface area contributed by atoms with Crippen LogP contribution in [-0.4, -0.2) is 36.7 Å². The van der Waals surface area contributed by atoms with Crippen molar-refractivity contribution in [1.29, 1.82) is 0 Å². The van der Waals surface area contributed by atoms with Crippen LogP contribution in [0.3, 0.4) is 0 Å². The van der Waals surface area contributed by atoms with Gasteiger partial charge < -0.3 is 19.7 Å². The molecule has 0 saturated carbocycles. The van der Waals surface area contributed by atoms with Crippen LogP contribution in [0.5, 0.6) is 11.5 Å². The molecule has 0 aliphatic heterocycles. The van der Waals surface area contributed by atoms with Crippen molar-refractivity contribution in [1.82, 2.24) is 5.32 Å². The van der Waals surface area contributed by atoms with Gasteiger partial charge in [-0.3, -0.25) is 14.9 Å². The minimum Gasteiger partial charge on any atom is -0.490 e. The lowest BCUT2D eigenvalue weighted by atomic mass is 10.1. The zero-order valence-corrected chi connectivity index (χ0v) is 22.3. The van der Waals surface area contributed by atoms with E-state index in [-0.39, 0.29) is 17.6 Å². The first-order valence-corrected chi connectivity index (χ1v) is 12.9. The number of nitrogens with zero attached hydrogens (tertiary/aromatic N) is 1. The number of para-hydroxylation sites is 3. The van der Waals surface area contributed by atoms with Crippen LogP contribution in [0.1, 0.15) is 27.6 Å². The third-order valence-electron chi connectivity index (χ3n) is 5.73. The van der Waals surface area contributed by atoms with Crippen LogP contribution in [-0.2, 0) is 0 Å². The first kappa shape index (κ1) is 27.3. The second-order valence-electron chi connectivity index (χ2n) is 8.38. The Morgan fingerprint density at radius 3 is 2.08 bits per heavy atom. The molecule has 7 nitrogen and oxygen atoms in total. The van der Waals surface area contributed by atoms with Gasteiger partial charge in [0.05, 0.1) is 5.56 Å². The quantitative estimate of drug-likeness (QED) is 0.192. The second kappa shape index (κ2) is 13.7. The molecule has 0 unspecified atom stereocenters. The number of amides is 2. The van der Waals surface area contributed by atoms with Crippen molar-refractivity contribution >= 4 is 40.5 Å². The van der Waals surface area contributed by atoms with Crippen molar-refractivity contribution in [2.45, 2.75) is 6.92 Å². The molecular weight excluding hydrogens is 510 g/mol. The van der Waals surface area contributed by atoms with E-state index in [0.717, 1.165) is 11.4 Å². The Balaban J connectivity index is 1.31. The Labute approximate surface area is 233 Å². The largest absolute Gasteiger partial charge is 0.490 e. The highest BCUT2D eigenvalue weighted by Crippen LogP contribution is 2.20. The maximum Gasteiger partial charge on any atom is 0.261 e. The Morgan fingerprint density at radius 2 is 1.38 bits per heavy atom. The lowest BCUT2D eigenvalue weighted by molar-refractivity contribution is 0.0969. The van der Waals surface area contributed by atoms with E-state index >= 15 is 0 Å². The molecule has 2 amide bonds. The molecule has 2 N–H and O–H groups in total. The average molecular weight is 540 g/mol. The zero-order chi connectivity index (χ0) is 27.5. The average Bonchev–Trinajstić information content (AvgIpc) is 2.97. The summed E-state index contributed by atoms with van der Waals surface area (Å²) in [4.78, 5) is 27.6. The number of carbonyl (C=O) groups excluding carboxylic acids is 2. The van der Waals surface area contributed by atoms with Crippen molar-refractivity contribution in [3.05, 3.63) is 120 Å². The number of anilines is 2. The van der Waals surface area contributed by atoms with Crippen molar-refractivity contribution < 1.29 is 19.1 Å². The van der Waals surface area contributed by atoms with Gasteiger partial charge >= 0.3 is 0 Å². The molecule has 0 heterocycles. The summed E-state index contributed by atoms with van der Waals surface area (Å²) in [6.07, 6.45) is 0. The van der Waals surface area contributed by atoms with Gasteiger partial charge in [0.1, 0.15) is 24.7 Å². The normalized spacial score (nSPS) is 10.3. The van der Waals surface area contributed by atoms with Crippen LogP contribution in [0.4, 0.5) is 11.4 Å². The highest BCUT2D eigenvalue weighted by Gasteiger charge is 2.17. The third-order valence-corrected chi connectivity index (χ3v) is 5.93. The monoisotopic (exact) mass is 539 g/mol. The maximum atomic E-state index is 13.0. The molecular formula is C31H29N3O4S. The van der Waals surface area contributed by atoms with Crippen molar-refractivity contribution in [2.24, 2.45) is 0 Å². The molecule has 0 aromatic heterocycles. The Bertz CT molecular complexity index is 1400.